The van der Waals surface area contributed by atoms with E-state index in [1.165, 1.54) is 6.07 Å². The molecule has 0 saturated carbocycles. The molecule has 2 N–H and O–H groups in total. The molecule has 20 heavy (non-hydrogen) atoms. The van der Waals surface area contributed by atoms with Crippen LogP contribution in [0.2, 0.25) is 0 Å². The lowest BCUT2D eigenvalue weighted by molar-refractivity contribution is -0.131. The molecule has 0 aliphatic carbocycles. The standard InChI is InChI=1S/C15H19NO4/c1-10-4-5-11(8-12(10)13(17)18)16-14(19)15(2)6-3-7-20-9-15/h4-5,8H,3,6-7,9H2,1-2H3,(H,16,19)(H,17,18)/t15-/m1/s1. The molecule has 1 aliphatic rings. The lowest BCUT2D eigenvalue weighted by atomic mass is 9.84. The summed E-state index contributed by atoms with van der Waals surface area (Å²) < 4.78 is 5.37. The number of rotatable bonds is 3. The number of carboxylic acid groups (broad SMARTS) is 1. The van der Waals surface area contributed by atoms with Crippen LogP contribution in [0.25, 0.3) is 0 Å². The lowest BCUT2D eigenvalue weighted by Crippen LogP contribution is -2.40. The van der Waals surface area contributed by atoms with Crippen molar-refractivity contribution in [1.29, 1.82) is 0 Å². The molecule has 1 aromatic carbocycles. The highest BCUT2D eigenvalue weighted by Crippen LogP contribution is 2.29. The number of hydrogen-bond donors (Lipinski definition) is 2. The van der Waals surface area contributed by atoms with E-state index in [2.05, 4.69) is 5.32 Å². The van der Waals surface area contributed by atoms with Gasteiger partial charge in [-0.05, 0) is 44.4 Å². The van der Waals surface area contributed by atoms with Gasteiger partial charge in [0, 0.05) is 12.3 Å². The topological polar surface area (TPSA) is 75.6 Å². The summed E-state index contributed by atoms with van der Waals surface area (Å²) in [6.07, 6.45) is 1.63. The van der Waals surface area contributed by atoms with Crippen LogP contribution in [0.1, 0.15) is 35.7 Å². The normalized spacial score (nSPS) is 22.3. The highest BCUT2D eigenvalue weighted by Gasteiger charge is 2.35. The molecule has 1 atom stereocenters. The number of carboxylic acids is 1. The van der Waals surface area contributed by atoms with Crippen LogP contribution in [-0.2, 0) is 9.53 Å². The molecule has 0 spiro atoms. The number of nitrogens with one attached hydrogen (secondary N) is 1. The summed E-state index contributed by atoms with van der Waals surface area (Å²) in [5, 5.41) is 11.9. The van der Waals surface area contributed by atoms with E-state index in [4.69, 9.17) is 9.84 Å². The maximum absolute atomic E-state index is 12.3. The zero-order chi connectivity index (χ0) is 14.8. The second-order valence-electron chi connectivity index (χ2n) is 5.51. The number of aromatic carboxylic acids is 1. The molecule has 0 bridgehead atoms. The molecule has 5 heteroatoms. The van der Waals surface area contributed by atoms with Crippen LogP contribution in [-0.4, -0.2) is 30.2 Å². The van der Waals surface area contributed by atoms with Crippen LogP contribution >= 0.6 is 0 Å². The molecule has 1 aromatic rings. The van der Waals surface area contributed by atoms with Gasteiger partial charge < -0.3 is 15.2 Å². The fourth-order valence-corrected chi connectivity index (χ4v) is 2.33. The Morgan fingerprint density at radius 2 is 2.15 bits per heavy atom. The first-order valence-corrected chi connectivity index (χ1v) is 6.65. The summed E-state index contributed by atoms with van der Waals surface area (Å²) in [6, 6.07) is 4.90. The Bertz CT molecular complexity index is 533. The minimum Gasteiger partial charge on any atom is -0.478 e. The first-order chi connectivity index (χ1) is 9.42. The van der Waals surface area contributed by atoms with Crippen molar-refractivity contribution >= 4 is 17.6 Å². The van der Waals surface area contributed by atoms with E-state index in [1.54, 1.807) is 19.1 Å². The molecule has 0 aromatic heterocycles. The number of carbonyl (C=O) groups excluding carboxylic acids is 1. The maximum Gasteiger partial charge on any atom is 0.336 e. The van der Waals surface area contributed by atoms with Gasteiger partial charge in [0.15, 0.2) is 0 Å². The third-order valence-corrected chi connectivity index (χ3v) is 3.71. The number of anilines is 1. The summed E-state index contributed by atoms with van der Waals surface area (Å²) in [5.41, 5.74) is 0.826. The maximum atomic E-state index is 12.3. The van der Waals surface area contributed by atoms with Gasteiger partial charge in [-0.15, -0.1) is 0 Å². The Balaban J connectivity index is 2.15. The number of aryl methyl sites for hydroxylation is 1. The average Bonchev–Trinajstić information content (AvgIpc) is 2.41. The van der Waals surface area contributed by atoms with Crippen LogP contribution in [0.5, 0.6) is 0 Å². The molecule has 1 fully saturated rings. The van der Waals surface area contributed by atoms with E-state index >= 15 is 0 Å². The monoisotopic (exact) mass is 277 g/mol. The van der Waals surface area contributed by atoms with E-state index in [1.807, 2.05) is 6.92 Å². The Hall–Kier alpha value is -1.88. The van der Waals surface area contributed by atoms with Crippen LogP contribution in [0.15, 0.2) is 18.2 Å². The summed E-state index contributed by atoms with van der Waals surface area (Å²) in [7, 11) is 0. The highest BCUT2D eigenvalue weighted by atomic mass is 16.5. The van der Waals surface area contributed by atoms with Crippen molar-refractivity contribution in [2.75, 3.05) is 18.5 Å². The molecule has 1 heterocycles. The second kappa shape index (κ2) is 5.63. The lowest BCUT2D eigenvalue weighted by Gasteiger charge is -2.31. The van der Waals surface area contributed by atoms with Crippen molar-refractivity contribution in [3.8, 4) is 0 Å². The third kappa shape index (κ3) is 2.99. The third-order valence-electron chi connectivity index (χ3n) is 3.71. The number of amides is 1. The van der Waals surface area contributed by atoms with Crippen molar-refractivity contribution in [3.05, 3.63) is 29.3 Å². The van der Waals surface area contributed by atoms with E-state index in [-0.39, 0.29) is 11.5 Å². The molecule has 2 rings (SSSR count). The number of carbonyl (C=O) groups is 2. The van der Waals surface area contributed by atoms with Crippen molar-refractivity contribution < 1.29 is 19.4 Å². The van der Waals surface area contributed by atoms with Gasteiger partial charge >= 0.3 is 5.97 Å². The molecular weight excluding hydrogens is 258 g/mol. The van der Waals surface area contributed by atoms with Gasteiger partial charge in [-0.1, -0.05) is 6.07 Å². The summed E-state index contributed by atoms with van der Waals surface area (Å²) in [6.45, 7) is 4.69. The number of benzene rings is 1. The van der Waals surface area contributed by atoms with Crippen LogP contribution in [0, 0.1) is 12.3 Å². The Kier molecular flexibility index (Phi) is 4.09. The quantitative estimate of drug-likeness (QED) is 0.889. The molecule has 5 nitrogen and oxygen atoms in total. The van der Waals surface area contributed by atoms with Gasteiger partial charge in [-0.2, -0.15) is 0 Å². The van der Waals surface area contributed by atoms with Crippen molar-refractivity contribution in [2.45, 2.75) is 26.7 Å². The average molecular weight is 277 g/mol. The van der Waals surface area contributed by atoms with Crippen molar-refractivity contribution in [3.63, 3.8) is 0 Å². The summed E-state index contributed by atoms with van der Waals surface area (Å²) in [5.74, 6) is -1.12. The molecule has 1 saturated heterocycles. The molecule has 0 unspecified atom stereocenters. The molecular formula is C15H19NO4. The summed E-state index contributed by atoms with van der Waals surface area (Å²) >= 11 is 0. The smallest absolute Gasteiger partial charge is 0.336 e. The van der Waals surface area contributed by atoms with E-state index < -0.39 is 11.4 Å². The minimum absolute atomic E-state index is 0.127. The highest BCUT2D eigenvalue weighted by molar-refractivity contribution is 5.97. The van der Waals surface area contributed by atoms with Gasteiger partial charge in [0.1, 0.15) is 0 Å². The van der Waals surface area contributed by atoms with Crippen molar-refractivity contribution in [1.82, 2.24) is 0 Å². The fraction of sp³-hybridized carbons (Fsp3) is 0.467. The number of hydrogen-bond acceptors (Lipinski definition) is 3. The van der Waals surface area contributed by atoms with Crippen LogP contribution in [0.3, 0.4) is 0 Å². The Labute approximate surface area is 117 Å². The second-order valence-corrected chi connectivity index (χ2v) is 5.51. The molecule has 108 valence electrons. The SMILES string of the molecule is Cc1ccc(NC(=O)[C@]2(C)CCCOC2)cc1C(=O)O. The first kappa shape index (κ1) is 14.5. The molecule has 1 aliphatic heterocycles. The first-order valence-electron chi connectivity index (χ1n) is 6.65. The van der Waals surface area contributed by atoms with Crippen LogP contribution < -0.4 is 5.32 Å². The molecule has 1 amide bonds. The van der Waals surface area contributed by atoms with E-state index in [0.29, 0.717) is 24.5 Å². The number of ether oxygens (including phenoxy) is 1. The van der Waals surface area contributed by atoms with E-state index in [9.17, 15) is 9.59 Å². The Morgan fingerprint density at radius 1 is 1.40 bits per heavy atom. The van der Waals surface area contributed by atoms with Crippen molar-refractivity contribution in [2.24, 2.45) is 5.41 Å². The van der Waals surface area contributed by atoms with E-state index in [0.717, 1.165) is 12.8 Å². The predicted molar refractivity (Wildman–Crippen MR) is 74.9 cm³/mol. The van der Waals surface area contributed by atoms with Gasteiger partial charge in [0.25, 0.3) is 0 Å². The largest absolute Gasteiger partial charge is 0.478 e. The van der Waals surface area contributed by atoms with Gasteiger partial charge in [0.05, 0.1) is 17.6 Å². The van der Waals surface area contributed by atoms with Gasteiger partial charge in [0.2, 0.25) is 5.91 Å². The molecule has 0 radical (unpaired) electrons. The minimum atomic E-state index is -0.995. The van der Waals surface area contributed by atoms with Gasteiger partial charge in [-0.25, -0.2) is 4.79 Å². The zero-order valence-electron chi connectivity index (χ0n) is 11.7. The summed E-state index contributed by atoms with van der Waals surface area (Å²) in [4.78, 5) is 23.4. The Morgan fingerprint density at radius 3 is 2.75 bits per heavy atom. The van der Waals surface area contributed by atoms with Crippen LogP contribution in [0.4, 0.5) is 5.69 Å². The zero-order valence-corrected chi connectivity index (χ0v) is 11.7. The predicted octanol–water partition coefficient (Wildman–Crippen LogP) is 2.45. The fourth-order valence-electron chi connectivity index (χ4n) is 2.33. The van der Waals surface area contributed by atoms with Gasteiger partial charge in [-0.3, -0.25) is 4.79 Å².